The van der Waals surface area contributed by atoms with E-state index in [0.717, 1.165) is 38.4 Å². The van der Waals surface area contributed by atoms with Crippen LogP contribution in [0.4, 0.5) is 5.69 Å². The van der Waals surface area contributed by atoms with Crippen molar-refractivity contribution in [1.82, 2.24) is 20.3 Å². The molecule has 5 heteroatoms. The van der Waals surface area contributed by atoms with Crippen LogP contribution in [0.3, 0.4) is 0 Å². The average Bonchev–Trinajstić information content (AvgIpc) is 2.95. The molecule has 0 aliphatic carbocycles. The van der Waals surface area contributed by atoms with Crippen LogP contribution in [0.25, 0.3) is 0 Å². The van der Waals surface area contributed by atoms with Gasteiger partial charge in [0, 0.05) is 31.5 Å². The molecular formula is C16H25N5. The predicted octanol–water partition coefficient (Wildman–Crippen LogP) is 2.22. The number of benzene rings is 1. The molecule has 0 aliphatic heterocycles. The molecule has 5 nitrogen and oxygen atoms in total. The first kappa shape index (κ1) is 15.5. The van der Waals surface area contributed by atoms with E-state index >= 15 is 0 Å². The fraction of sp³-hybridized carbons (Fsp3) is 0.500. The van der Waals surface area contributed by atoms with Gasteiger partial charge in [0.2, 0.25) is 0 Å². The molecule has 0 unspecified atom stereocenters. The largest absolute Gasteiger partial charge is 0.370 e. The lowest BCUT2D eigenvalue weighted by Gasteiger charge is -2.24. The highest BCUT2D eigenvalue weighted by Gasteiger charge is 2.07. The highest BCUT2D eigenvalue weighted by molar-refractivity contribution is 5.52. The molecule has 2 aromatic rings. The molecule has 1 aromatic carbocycles. The smallest absolute Gasteiger partial charge is 0.0964 e. The summed E-state index contributed by atoms with van der Waals surface area (Å²) in [6, 6.07) is 8.50. The lowest BCUT2D eigenvalue weighted by Crippen LogP contribution is -2.27. The summed E-state index contributed by atoms with van der Waals surface area (Å²) < 4.78 is 1.92. The molecule has 0 amide bonds. The molecular weight excluding hydrogens is 262 g/mol. The van der Waals surface area contributed by atoms with Crippen molar-refractivity contribution in [3.63, 3.8) is 0 Å². The molecule has 0 bridgehead atoms. The summed E-state index contributed by atoms with van der Waals surface area (Å²) in [5.41, 5.74) is 3.61. The van der Waals surface area contributed by atoms with Crippen LogP contribution in [0.5, 0.6) is 0 Å². The topological polar surface area (TPSA) is 46.0 Å². The lowest BCUT2D eigenvalue weighted by molar-refractivity contribution is 0.578. The second-order valence-electron chi connectivity index (χ2n) is 5.12. The minimum absolute atomic E-state index is 0.784. The zero-order valence-corrected chi connectivity index (χ0v) is 13.2. The van der Waals surface area contributed by atoms with Gasteiger partial charge in [-0.25, -0.2) is 0 Å². The summed E-state index contributed by atoms with van der Waals surface area (Å²) in [5, 5.41) is 11.6. The van der Waals surface area contributed by atoms with Crippen molar-refractivity contribution in [2.24, 2.45) is 0 Å². The highest BCUT2D eigenvalue weighted by Crippen LogP contribution is 2.18. The third kappa shape index (κ3) is 4.29. The lowest BCUT2D eigenvalue weighted by atomic mass is 10.2. The van der Waals surface area contributed by atoms with Crippen molar-refractivity contribution in [1.29, 1.82) is 0 Å². The van der Waals surface area contributed by atoms with E-state index in [4.69, 9.17) is 0 Å². The minimum Gasteiger partial charge on any atom is -0.370 e. The Morgan fingerprint density at radius 3 is 2.76 bits per heavy atom. The summed E-state index contributed by atoms with van der Waals surface area (Å²) >= 11 is 0. The third-order valence-electron chi connectivity index (χ3n) is 3.58. The summed E-state index contributed by atoms with van der Waals surface area (Å²) in [7, 11) is 0. The van der Waals surface area contributed by atoms with Gasteiger partial charge in [0.1, 0.15) is 0 Å². The SMILES string of the molecule is CCNCc1cn(CCN(CC)c2ccccc2C)nn1. The van der Waals surface area contributed by atoms with Crippen LogP contribution in [-0.2, 0) is 13.1 Å². The minimum atomic E-state index is 0.784. The van der Waals surface area contributed by atoms with E-state index < -0.39 is 0 Å². The van der Waals surface area contributed by atoms with E-state index in [-0.39, 0.29) is 0 Å². The number of aryl methyl sites for hydroxylation is 1. The van der Waals surface area contributed by atoms with Gasteiger partial charge >= 0.3 is 0 Å². The Labute approximate surface area is 127 Å². The van der Waals surface area contributed by atoms with Gasteiger partial charge in [0.05, 0.1) is 12.2 Å². The standard InChI is InChI=1S/C16H25N5/c1-4-17-12-15-13-21(19-18-15)11-10-20(5-2)16-9-7-6-8-14(16)3/h6-9,13,17H,4-5,10-12H2,1-3H3. The first-order chi connectivity index (χ1) is 10.2. The van der Waals surface area contributed by atoms with E-state index in [1.54, 1.807) is 0 Å². The van der Waals surface area contributed by atoms with Gasteiger partial charge in [-0.3, -0.25) is 4.68 Å². The van der Waals surface area contributed by atoms with Gasteiger partial charge in [-0.05, 0) is 32.0 Å². The fourth-order valence-electron chi connectivity index (χ4n) is 2.37. The number of likely N-dealkylation sites (N-methyl/N-ethyl adjacent to an activating group) is 1. The van der Waals surface area contributed by atoms with Gasteiger partial charge in [0.15, 0.2) is 0 Å². The Balaban J connectivity index is 1.94. The van der Waals surface area contributed by atoms with Crippen molar-refractivity contribution in [2.45, 2.75) is 33.9 Å². The molecule has 1 aromatic heterocycles. The summed E-state index contributed by atoms with van der Waals surface area (Å²) in [6.07, 6.45) is 2.02. The van der Waals surface area contributed by atoms with E-state index in [2.05, 4.69) is 65.6 Å². The van der Waals surface area contributed by atoms with E-state index in [1.165, 1.54) is 11.3 Å². The Morgan fingerprint density at radius 2 is 2.05 bits per heavy atom. The summed E-state index contributed by atoms with van der Waals surface area (Å²) in [6.45, 7) is 10.9. The number of nitrogens with zero attached hydrogens (tertiary/aromatic N) is 4. The van der Waals surface area contributed by atoms with Gasteiger partial charge < -0.3 is 10.2 Å². The number of rotatable bonds is 8. The van der Waals surface area contributed by atoms with Crippen molar-refractivity contribution >= 4 is 5.69 Å². The van der Waals surface area contributed by atoms with Crippen LogP contribution >= 0.6 is 0 Å². The Bertz CT molecular complexity index is 549. The van der Waals surface area contributed by atoms with E-state index in [1.807, 2.05) is 10.9 Å². The molecule has 0 spiro atoms. The molecule has 2 rings (SSSR count). The predicted molar refractivity (Wildman–Crippen MR) is 86.5 cm³/mol. The zero-order chi connectivity index (χ0) is 15.1. The van der Waals surface area contributed by atoms with Crippen LogP contribution in [0.1, 0.15) is 25.1 Å². The van der Waals surface area contributed by atoms with Gasteiger partial charge in [-0.15, -0.1) is 5.10 Å². The molecule has 1 N–H and O–H groups in total. The highest BCUT2D eigenvalue weighted by atomic mass is 15.4. The second kappa shape index (κ2) is 7.78. The quantitative estimate of drug-likeness (QED) is 0.808. The van der Waals surface area contributed by atoms with Crippen molar-refractivity contribution in [3.8, 4) is 0 Å². The van der Waals surface area contributed by atoms with Crippen molar-refractivity contribution in [3.05, 3.63) is 41.7 Å². The average molecular weight is 287 g/mol. The molecule has 114 valence electrons. The molecule has 0 radical (unpaired) electrons. The van der Waals surface area contributed by atoms with Crippen LogP contribution in [0.2, 0.25) is 0 Å². The van der Waals surface area contributed by atoms with Crippen LogP contribution < -0.4 is 10.2 Å². The number of nitrogens with one attached hydrogen (secondary N) is 1. The van der Waals surface area contributed by atoms with Crippen LogP contribution in [-0.4, -0.2) is 34.6 Å². The van der Waals surface area contributed by atoms with Crippen LogP contribution in [0, 0.1) is 6.92 Å². The monoisotopic (exact) mass is 287 g/mol. The molecule has 0 fully saturated rings. The molecule has 0 saturated carbocycles. The first-order valence-electron chi connectivity index (χ1n) is 7.64. The Kier molecular flexibility index (Phi) is 5.75. The molecule has 0 aliphatic rings. The van der Waals surface area contributed by atoms with E-state index in [9.17, 15) is 0 Å². The Morgan fingerprint density at radius 1 is 1.24 bits per heavy atom. The number of aromatic nitrogens is 3. The zero-order valence-electron chi connectivity index (χ0n) is 13.2. The van der Waals surface area contributed by atoms with Crippen LogP contribution in [0.15, 0.2) is 30.5 Å². The molecule has 1 heterocycles. The maximum Gasteiger partial charge on any atom is 0.0964 e. The van der Waals surface area contributed by atoms with Gasteiger partial charge in [-0.2, -0.15) is 0 Å². The van der Waals surface area contributed by atoms with Crippen molar-refractivity contribution in [2.75, 3.05) is 24.5 Å². The number of anilines is 1. The number of para-hydroxylation sites is 1. The first-order valence-corrected chi connectivity index (χ1v) is 7.64. The number of hydrogen-bond acceptors (Lipinski definition) is 4. The summed E-state index contributed by atoms with van der Waals surface area (Å²) in [5.74, 6) is 0. The second-order valence-corrected chi connectivity index (χ2v) is 5.12. The third-order valence-corrected chi connectivity index (χ3v) is 3.58. The maximum atomic E-state index is 4.19. The summed E-state index contributed by atoms with van der Waals surface area (Å²) in [4.78, 5) is 2.38. The molecule has 0 saturated heterocycles. The Hall–Kier alpha value is -1.88. The number of hydrogen-bond donors (Lipinski definition) is 1. The van der Waals surface area contributed by atoms with E-state index in [0.29, 0.717) is 0 Å². The molecule has 0 atom stereocenters. The normalized spacial score (nSPS) is 10.8. The maximum absolute atomic E-state index is 4.19. The van der Waals surface area contributed by atoms with Crippen molar-refractivity contribution < 1.29 is 0 Å². The fourth-order valence-corrected chi connectivity index (χ4v) is 2.37. The van der Waals surface area contributed by atoms with Gasteiger partial charge in [-0.1, -0.05) is 30.3 Å². The molecule has 21 heavy (non-hydrogen) atoms. The van der Waals surface area contributed by atoms with Gasteiger partial charge in [0.25, 0.3) is 0 Å².